The molecule has 0 N–H and O–H groups in total. The Morgan fingerprint density at radius 3 is 2.67 bits per heavy atom. The first kappa shape index (κ1) is 16.4. The van der Waals surface area contributed by atoms with E-state index in [1.54, 1.807) is 0 Å². The number of unbranched alkanes of at least 4 members (excludes halogenated alkanes) is 1. The number of ether oxygens (including phenoxy) is 2. The number of pyridine rings is 1. The molecule has 1 fully saturated rings. The molecule has 0 aliphatic carbocycles. The molecule has 0 bridgehead atoms. The van der Waals surface area contributed by atoms with Crippen LogP contribution in [0.25, 0.3) is 0 Å². The van der Waals surface area contributed by atoms with E-state index in [-0.39, 0.29) is 0 Å². The Hall–Kier alpha value is -0.930. The lowest BCUT2D eigenvalue weighted by molar-refractivity contribution is -0.152. The molecular weight excluding hydrogens is 262 g/mol. The smallest absolute Gasteiger partial charge is 0.209 e. The van der Waals surface area contributed by atoms with Crippen LogP contribution in [0.2, 0.25) is 0 Å². The molecule has 1 atom stereocenters. The standard InChI is InChI=1S/C18H29NO2/c1-4-6-7-15(5-2)8-9-16-10-11-19-17(14-16)18(3)20-12-13-21-18/h10-11,14-15H,4-9,12-13H2,1-3H3. The Labute approximate surface area is 129 Å². The number of nitrogens with zero attached hydrogens (tertiary/aromatic N) is 1. The van der Waals surface area contributed by atoms with Crippen molar-refractivity contribution in [3.63, 3.8) is 0 Å². The number of rotatable bonds is 8. The SMILES string of the molecule is CCCCC(CC)CCc1ccnc(C2(C)OCCO2)c1. The van der Waals surface area contributed by atoms with Crippen LogP contribution >= 0.6 is 0 Å². The minimum atomic E-state index is -0.650. The maximum Gasteiger partial charge on any atom is 0.209 e. The molecule has 1 aromatic heterocycles. The monoisotopic (exact) mass is 291 g/mol. The molecule has 2 heterocycles. The van der Waals surface area contributed by atoms with E-state index in [0.717, 1.165) is 18.0 Å². The molecule has 1 unspecified atom stereocenters. The Kier molecular flexibility index (Phi) is 6.19. The fourth-order valence-electron chi connectivity index (χ4n) is 2.96. The highest BCUT2D eigenvalue weighted by molar-refractivity contribution is 5.20. The molecule has 1 aromatic rings. The van der Waals surface area contributed by atoms with Gasteiger partial charge in [0.15, 0.2) is 0 Å². The van der Waals surface area contributed by atoms with E-state index in [1.807, 2.05) is 13.1 Å². The van der Waals surface area contributed by atoms with Crippen LogP contribution in [0.4, 0.5) is 0 Å². The van der Waals surface area contributed by atoms with Crippen molar-refractivity contribution in [2.24, 2.45) is 5.92 Å². The molecule has 118 valence electrons. The summed E-state index contributed by atoms with van der Waals surface area (Å²) in [6, 6.07) is 4.27. The molecule has 1 aliphatic heterocycles. The fraction of sp³-hybridized carbons (Fsp3) is 0.722. The van der Waals surface area contributed by atoms with Crippen LogP contribution in [-0.2, 0) is 21.7 Å². The van der Waals surface area contributed by atoms with Crippen molar-refractivity contribution in [3.05, 3.63) is 29.6 Å². The van der Waals surface area contributed by atoms with Crippen LogP contribution < -0.4 is 0 Å². The lowest BCUT2D eigenvalue weighted by Gasteiger charge is -2.22. The largest absolute Gasteiger partial charge is 0.342 e. The van der Waals surface area contributed by atoms with E-state index in [9.17, 15) is 0 Å². The van der Waals surface area contributed by atoms with Crippen molar-refractivity contribution in [3.8, 4) is 0 Å². The highest BCUT2D eigenvalue weighted by Crippen LogP contribution is 2.30. The van der Waals surface area contributed by atoms with E-state index in [2.05, 4.69) is 31.0 Å². The van der Waals surface area contributed by atoms with Gasteiger partial charge in [-0.3, -0.25) is 4.98 Å². The third-order valence-corrected chi connectivity index (χ3v) is 4.51. The average Bonchev–Trinajstić information content (AvgIpc) is 2.96. The summed E-state index contributed by atoms with van der Waals surface area (Å²) in [4.78, 5) is 4.44. The maximum absolute atomic E-state index is 5.70. The number of aryl methyl sites for hydroxylation is 1. The third-order valence-electron chi connectivity index (χ3n) is 4.51. The fourth-order valence-corrected chi connectivity index (χ4v) is 2.96. The summed E-state index contributed by atoms with van der Waals surface area (Å²) >= 11 is 0. The molecule has 0 amide bonds. The minimum Gasteiger partial charge on any atom is -0.342 e. The zero-order chi connectivity index (χ0) is 15.1. The van der Waals surface area contributed by atoms with Crippen LogP contribution in [0.5, 0.6) is 0 Å². The molecule has 1 saturated heterocycles. The zero-order valence-corrected chi connectivity index (χ0v) is 13.7. The summed E-state index contributed by atoms with van der Waals surface area (Å²) < 4.78 is 11.4. The summed E-state index contributed by atoms with van der Waals surface area (Å²) in [7, 11) is 0. The topological polar surface area (TPSA) is 31.4 Å². The van der Waals surface area contributed by atoms with E-state index < -0.39 is 5.79 Å². The van der Waals surface area contributed by atoms with Gasteiger partial charge in [0.25, 0.3) is 0 Å². The van der Waals surface area contributed by atoms with Gasteiger partial charge in [-0.2, -0.15) is 0 Å². The van der Waals surface area contributed by atoms with Crippen molar-refractivity contribution in [2.75, 3.05) is 13.2 Å². The van der Waals surface area contributed by atoms with Crippen molar-refractivity contribution in [1.29, 1.82) is 0 Å². The Morgan fingerprint density at radius 2 is 2.00 bits per heavy atom. The van der Waals surface area contributed by atoms with Crippen molar-refractivity contribution in [1.82, 2.24) is 4.98 Å². The number of hydrogen-bond donors (Lipinski definition) is 0. The van der Waals surface area contributed by atoms with Crippen LogP contribution in [0.15, 0.2) is 18.3 Å². The normalized spacial score (nSPS) is 18.8. The van der Waals surface area contributed by atoms with Gasteiger partial charge in [-0.25, -0.2) is 0 Å². The van der Waals surface area contributed by atoms with E-state index in [0.29, 0.717) is 13.2 Å². The molecule has 0 spiro atoms. The molecule has 3 nitrogen and oxygen atoms in total. The van der Waals surface area contributed by atoms with Crippen molar-refractivity contribution < 1.29 is 9.47 Å². The quantitative estimate of drug-likeness (QED) is 0.709. The molecule has 2 rings (SSSR count). The van der Waals surface area contributed by atoms with Gasteiger partial charge in [0, 0.05) is 6.20 Å². The lowest BCUT2D eigenvalue weighted by Crippen LogP contribution is -2.24. The molecule has 3 heteroatoms. The van der Waals surface area contributed by atoms with Crippen LogP contribution in [-0.4, -0.2) is 18.2 Å². The summed E-state index contributed by atoms with van der Waals surface area (Å²) in [6.45, 7) is 7.83. The van der Waals surface area contributed by atoms with Crippen molar-refractivity contribution in [2.45, 2.75) is 65.1 Å². The Balaban J connectivity index is 1.94. The van der Waals surface area contributed by atoms with Gasteiger partial charge in [-0.15, -0.1) is 0 Å². The molecule has 0 radical (unpaired) electrons. The van der Waals surface area contributed by atoms with E-state index >= 15 is 0 Å². The second-order valence-corrected chi connectivity index (χ2v) is 6.15. The minimum absolute atomic E-state index is 0.650. The molecule has 21 heavy (non-hydrogen) atoms. The van der Waals surface area contributed by atoms with Crippen molar-refractivity contribution >= 4 is 0 Å². The second kappa shape index (κ2) is 7.90. The molecule has 0 saturated carbocycles. The predicted octanol–water partition coefficient (Wildman–Crippen LogP) is 4.45. The first-order valence-electron chi connectivity index (χ1n) is 8.41. The van der Waals surface area contributed by atoms with Gasteiger partial charge in [0.05, 0.1) is 18.9 Å². The molecule has 0 aromatic carbocycles. The first-order valence-corrected chi connectivity index (χ1v) is 8.41. The number of aromatic nitrogens is 1. The van der Waals surface area contributed by atoms with Gasteiger partial charge in [-0.1, -0.05) is 39.5 Å². The zero-order valence-electron chi connectivity index (χ0n) is 13.7. The summed E-state index contributed by atoms with van der Waals surface area (Å²) in [6.07, 6.45) is 9.54. The summed E-state index contributed by atoms with van der Waals surface area (Å²) in [5, 5.41) is 0. The van der Waals surface area contributed by atoms with Gasteiger partial charge >= 0.3 is 0 Å². The summed E-state index contributed by atoms with van der Waals surface area (Å²) in [5.74, 6) is 0.193. The Bertz CT molecular complexity index is 427. The van der Waals surface area contributed by atoms with Crippen LogP contribution in [0.3, 0.4) is 0 Å². The number of hydrogen-bond acceptors (Lipinski definition) is 3. The van der Waals surface area contributed by atoms with Gasteiger partial charge in [0.2, 0.25) is 5.79 Å². The molecule has 1 aliphatic rings. The van der Waals surface area contributed by atoms with Crippen LogP contribution in [0.1, 0.15) is 64.1 Å². The van der Waals surface area contributed by atoms with Gasteiger partial charge in [0.1, 0.15) is 0 Å². The summed E-state index contributed by atoms with van der Waals surface area (Å²) in [5.41, 5.74) is 2.24. The highest BCUT2D eigenvalue weighted by atomic mass is 16.7. The second-order valence-electron chi connectivity index (χ2n) is 6.15. The van der Waals surface area contributed by atoms with Crippen LogP contribution in [0, 0.1) is 5.92 Å². The van der Waals surface area contributed by atoms with Gasteiger partial charge < -0.3 is 9.47 Å². The predicted molar refractivity (Wildman–Crippen MR) is 85.1 cm³/mol. The molecular formula is C18H29NO2. The van der Waals surface area contributed by atoms with Gasteiger partial charge in [-0.05, 0) is 43.4 Å². The highest BCUT2D eigenvalue weighted by Gasteiger charge is 2.34. The lowest BCUT2D eigenvalue weighted by atomic mass is 9.92. The van der Waals surface area contributed by atoms with E-state index in [4.69, 9.17) is 9.47 Å². The third kappa shape index (κ3) is 4.52. The maximum atomic E-state index is 5.70. The van der Waals surface area contributed by atoms with E-state index in [1.165, 1.54) is 37.7 Å². The Morgan fingerprint density at radius 1 is 1.24 bits per heavy atom. The average molecular weight is 291 g/mol. The first-order chi connectivity index (χ1) is 10.2.